The molecule has 8 heteroatoms. The smallest absolute Gasteiger partial charge is 0.233 e. The summed E-state index contributed by atoms with van der Waals surface area (Å²) in [6.45, 7) is 5.41. The van der Waals surface area contributed by atoms with Crippen LogP contribution in [0.2, 0.25) is 0 Å². The molecule has 0 atom stereocenters. The van der Waals surface area contributed by atoms with E-state index in [0.717, 1.165) is 23.1 Å². The molecule has 0 bridgehead atoms. The average molecular weight is 361 g/mol. The maximum absolute atomic E-state index is 12.6. The number of rotatable bonds is 9. The van der Waals surface area contributed by atoms with Gasteiger partial charge in [-0.3, -0.25) is 9.59 Å². The molecule has 1 aromatic heterocycles. The topological polar surface area (TPSA) is 94.1 Å². The lowest BCUT2D eigenvalue weighted by molar-refractivity contribution is -0.129. The van der Waals surface area contributed by atoms with Crippen molar-refractivity contribution in [2.24, 2.45) is 5.73 Å². The van der Waals surface area contributed by atoms with Crippen molar-refractivity contribution in [3.63, 3.8) is 0 Å². The highest BCUT2D eigenvalue weighted by Crippen LogP contribution is 2.18. The minimum atomic E-state index is -0.417. The van der Waals surface area contributed by atoms with Crippen LogP contribution in [0.25, 0.3) is 0 Å². The van der Waals surface area contributed by atoms with Gasteiger partial charge in [-0.25, -0.2) is 0 Å². The van der Waals surface area contributed by atoms with Gasteiger partial charge in [0.1, 0.15) is 5.82 Å². The number of nitrogens with zero attached hydrogens (tertiary/aromatic N) is 4. The van der Waals surface area contributed by atoms with E-state index in [9.17, 15) is 9.59 Å². The maximum atomic E-state index is 12.6. The molecule has 1 heterocycles. The number of benzene rings is 1. The number of carbonyl (C=O) groups is 2. The lowest BCUT2D eigenvalue weighted by Gasteiger charge is -2.22. The van der Waals surface area contributed by atoms with Crippen molar-refractivity contribution in [1.82, 2.24) is 19.7 Å². The van der Waals surface area contributed by atoms with Crippen LogP contribution in [0.4, 0.5) is 0 Å². The first-order chi connectivity index (χ1) is 12.0. The SMILES string of the molecule is CCn1c(C)nnc1SCC(=O)N(CCC(N)=O)Cc1ccccc1. The first-order valence-corrected chi connectivity index (χ1v) is 9.12. The van der Waals surface area contributed by atoms with Crippen molar-refractivity contribution in [1.29, 1.82) is 0 Å². The molecule has 0 aliphatic heterocycles. The Morgan fingerprint density at radius 3 is 2.60 bits per heavy atom. The fourth-order valence-electron chi connectivity index (χ4n) is 2.39. The Kier molecular flexibility index (Phi) is 7.00. The summed E-state index contributed by atoms with van der Waals surface area (Å²) in [6, 6.07) is 9.68. The molecule has 0 radical (unpaired) electrons. The van der Waals surface area contributed by atoms with Gasteiger partial charge in [-0.2, -0.15) is 0 Å². The Hall–Kier alpha value is -2.35. The van der Waals surface area contributed by atoms with E-state index in [0.29, 0.717) is 13.1 Å². The molecule has 2 aromatic rings. The zero-order valence-corrected chi connectivity index (χ0v) is 15.3. The Morgan fingerprint density at radius 1 is 1.24 bits per heavy atom. The van der Waals surface area contributed by atoms with Crippen molar-refractivity contribution in [2.75, 3.05) is 12.3 Å². The Labute approximate surface area is 151 Å². The van der Waals surface area contributed by atoms with E-state index in [4.69, 9.17) is 5.73 Å². The summed E-state index contributed by atoms with van der Waals surface area (Å²) in [7, 11) is 0. The highest BCUT2D eigenvalue weighted by atomic mass is 32.2. The first-order valence-electron chi connectivity index (χ1n) is 8.13. The van der Waals surface area contributed by atoms with Gasteiger partial charge >= 0.3 is 0 Å². The van der Waals surface area contributed by atoms with Gasteiger partial charge in [-0.05, 0) is 19.4 Å². The number of aromatic nitrogens is 3. The number of aryl methyl sites for hydroxylation is 1. The Bertz CT molecular complexity index is 717. The van der Waals surface area contributed by atoms with Gasteiger partial charge in [-0.1, -0.05) is 42.1 Å². The average Bonchev–Trinajstić information content (AvgIpc) is 2.96. The van der Waals surface area contributed by atoms with E-state index in [-0.39, 0.29) is 18.1 Å². The number of hydrogen-bond acceptors (Lipinski definition) is 5. The van der Waals surface area contributed by atoms with Crippen molar-refractivity contribution < 1.29 is 9.59 Å². The molecule has 25 heavy (non-hydrogen) atoms. The zero-order valence-electron chi connectivity index (χ0n) is 14.5. The third kappa shape index (κ3) is 5.60. The number of nitrogens with two attached hydrogens (primary N) is 1. The number of hydrogen-bond donors (Lipinski definition) is 1. The van der Waals surface area contributed by atoms with Crippen LogP contribution < -0.4 is 5.73 Å². The van der Waals surface area contributed by atoms with Crippen LogP contribution in [-0.2, 0) is 22.7 Å². The molecular weight excluding hydrogens is 338 g/mol. The van der Waals surface area contributed by atoms with Crippen LogP contribution in [0.15, 0.2) is 35.5 Å². The van der Waals surface area contributed by atoms with Crippen molar-refractivity contribution in [3.8, 4) is 0 Å². The fraction of sp³-hybridized carbons (Fsp3) is 0.412. The summed E-state index contributed by atoms with van der Waals surface area (Å²) < 4.78 is 1.96. The number of primary amides is 1. The normalized spacial score (nSPS) is 10.6. The van der Waals surface area contributed by atoms with E-state index in [1.54, 1.807) is 4.90 Å². The van der Waals surface area contributed by atoms with Crippen molar-refractivity contribution in [3.05, 3.63) is 41.7 Å². The lowest BCUT2D eigenvalue weighted by atomic mass is 10.2. The van der Waals surface area contributed by atoms with E-state index in [1.165, 1.54) is 11.8 Å². The summed E-state index contributed by atoms with van der Waals surface area (Å²) >= 11 is 1.36. The highest BCUT2D eigenvalue weighted by Gasteiger charge is 2.17. The second kappa shape index (κ2) is 9.22. The second-order valence-corrected chi connectivity index (χ2v) is 6.52. The van der Waals surface area contributed by atoms with Gasteiger partial charge in [0.2, 0.25) is 11.8 Å². The van der Waals surface area contributed by atoms with E-state index < -0.39 is 5.91 Å². The molecule has 0 unspecified atom stereocenters. The van der Waals surface area contributed by atoms with E-state index in [2.05, 4.69) is 10.2 Å². The molecule has 2 N–H and O–H groups in total. The van der Waals surface area contributed by atoms with Gasteiger partial charge in [0.05, 0.1) is 5.75 Å². The molecule has 2 amide bonds. The van der Waals surface area contributed by atoms with Gasteiger partial charge in [-0.15, -0.1) is 10.2 Å². The quantitative estimate of drug-likeness (QED) is 0.685. The summed E-state index contributed by atoms with van der Waals surface area (Å²) in [4.78, 5) is 25.4. The van der Waals surface area contributed by atoms with E-state index in [1.807, 2.05) is 48.7 Å². The number of thioether (sulfide) groups is 1. The molecule has 1 aromatic carbocycles. The molecule has 2 rings (SSSR count). The first kappa shape index (κ1) is 19.0. The summed E-state index contributed by atoms with van der Waals surface area (Å²) in [5.41, 5.74) is 6.25. The maximum Gasteiger partial charge on any atom is 0.233 e. The number of carbonyl (C=O) groups excluding carboxylic acids is 2. The summed E-state index contributed by atoms with van der Waals surface area (Å²) in [5, 5.41) is 8.88. The Balaban J connectivity index is 2.02. The molecule has 0 aliphatic rings. The van der Waals surface area contributed by atoms with Crippen molar-refractivity contribution in [2.45, 2.75) is 38.5 Å². The highest BCUT2D eigenvalue weighted by molar-refractivity contribution is 7.99. The molecule has 0 saturated carbocycles. The van der Waals surface area contributed by atoms with Crippen LogP contribution in [0, 0.1) is 6.92 Å². The monoisotopic (exact) mass is 361 g/mol. The predicted molar refractivity (Wildman–Crippen MR) is 96.8 cm³/mol. The third-order valence-electron chi connectivity index (χ3n) is 3.74. The Morgan fingerprint density at radius 2 is 1.96 bits per heavy atom. The predicted octanol–water partition coefficient (Wildman–Crippen LogP) is 1.60. The largest absolute Gasteiger partial charge is 0.370 e. The summed E-state index contributed by atoms with van der Waals surface area (Å²) in [5.74, 6) is 0.592. The van der Waals surface area contributed by atoms with Crippen molar-refractivity contribution >= 4 is 23.6 Å². The minimum absolute atomic E-state index is 0.0570. The van der Waals surface area contributed by atoms with Gasteiger partial charge in [0.25, 0.3) is 0 Å². The minimum Gasteiger partial charge on any atom is -0.370 e. The third-order valence-corrected chi connectivity index (χ3v) is 4.69. The second-order valence-electron chi connectivity index (χ2n) is 5.58. The number of amides is 2. The van der Waals surface area contributed by atoms with Crippen LogP contribution >= 0.6 is 11.8 Å². The van der Waals surface area contributed by atoms with Crippen LogP contribution in [-0.4, -0.2) is 43.8 Å². The molecular formula is C17H23N5O2S. The molecule has 0 saturated heterocycles. The van der Waals surface area contributed by atoms with Crippen LogP contribution in [0.1, 0.15) is 24.7 Å². The molecule has 0 fully saturated rings. The van der Waals surface area contributed by atoms with Gasteiger partial charge in [0.15, 0.2) is 5.16 Å². The zero-order chi connectivity index (χ0) is 18.2. The van der Waals surface area contributed by atoms with Gasteiger partial charge in [0, 0.05) is 26.1 Å². The van der Waals surface area contributed by atoms with Crippen LogP contribution in [0.3, 0.4) is 0 Å². The molecule has 134 valence electrons. The molecule has 0 spiro atoms. The van der Waals surface area contributed by atoms with Crippen LogP contribution in [0.5, 0.6) is 0 Å². The molecule has 0 aliphatic carbocycles. The fourth-order valence-corrected chi connectivity index (χ4v) is 3.34. The van der Waals surface area contributed by atoms with Gasteiger partial charge < -0.3 is 15.2 Å². The lowest BCUT2D eigenvalue weighted by Crippen LogP contribution is -2.34. The molecule has 7 nitrogen and oxygen atoms in total. The summed E-state index contributed by atoms with van der Waals surface area (Å²) in [6.07, 6.45) is 0.146. The standard InChI is InChI=1S/C17H23N5O2S/c1-3-22-13(2)19-20-17(22)25-12-16(24)21(10-9-15(18)23)11-14-7-5-4-6-8-14/h4-8H,3,9-12H2,1-2H3,(H2,18,23). The van der Waals surface area contributed by atoms with E-state index >= 15 is 0 Å².